The van der Waals surface area contributed by atoms with Crippen LogP contribution >= 0.6 is 0 Å². The molecule has 0 aromatic carbocycles. The lowest BCUT2D eigenvalue weighted by Crippen LogP contribution is -2.36. The predicted molar refractivity (Wildman–Crippen MR) is 199 cm³/mol. The molecule has 1 aromatic rings. The third-order valence-electron chi connectivity index (χ3n) is 7.94. The normalized spacial score (nSPS) is 13.6. The van der Waals surface area contributed by atoms with Crippen molar-refractivity contribution in [3.63, 3.8) is 0 Å². The van der Waals surface area contributed by atoms with Gasteiger partial charge in [-0.2, -0.15) is 0 Å². The Morgan fingerprint density at radius 3 is 1.77 bits per heavy atom. The molecule has 0 bridgehead atoms. The van der Waals surface area contributed by atoms with E-state index in [2.05, 4.69) is 70.8 Å². The number of ether oxygens (including phenoxy) is 4. The number of aryl methyl sites for hydroxylation is 1. The maximum Gasteiger partial charge on any atom is 0.407 e. The second-order valence-electron chi connectivity index (χ2n) is 15.1. The minimum absolute atomic E-state index is 0.0732. The van der Waals surface area contributed by atoms with Gasteiger partial charge in [0.2, 0.25) is 5.95 Å². The van der Waals surface area contributed by atoms with E-state index in [9.17, 15) is 28.8 Å². The highest BCUT2D eigenvalue weighted by atomic mass is 16.6. The van der Waals surface area contributed by atoms with Gasteiger partial charge in [0.05, 0.1) is 0 Å². The van der Waals surface area contributed by atoms with Crippen molar-refractivity contribution in [3.8, 4) is 0 Å². The van der Waals surface area contributed by atoms with E-state index in [1.165, 1.54) is 6.07 Å². The number of hydrogen-bond donors (Lipinski definition) is 6. The van der Waals surface area contributed by atoms with E-state index < -0.39 is 42.5 Å². The molecule has 17 nitrogen and oxygen atoms in total. The summed E-state index contributed by atoms with van der Waals surface area (Å²) in [5, 5.41) is 13.5. The van der Waals surface area contributed by atoms with Crippen LogP contribution in [0.1, 0.15) is 86.8 Å². The Morgan fingerprint density at radius 2 is 1.28 bits per heavy atom. The number of aromatic amines is 1. The van der Waals surface area contributed by atoms with Crippen molar-refractivity contribution >= 4 is 36.2 Å². The molecule has 5 amide bonds. The summed E-state index contributed by atoms with van der Waals surface area (Å²) in [6.07, 6.45) is 0.805. The molecule has 0 aliphatic rings. The second kappa shape index (κ2) is 23.0. The van der Waals surface area contributed by atoms with Crippen LogP contribution < -0.4 is 32.1 Å². The number of amides is 5. The fraction of sp³-hybridized carbons (Fsp3) is 0.694. The van der Waals surface area contributed by atoms with Crippen molar-refractivity contribution in [1.82, 2.24) is 31.2 Å². The maximum absolute atomic E-state index is 12.3. The Balaban J connectivity index is 2.23. The van der Waals surface area contributed by atoms with Gasteiger partial charge in [-0.15, -0.1) is 0 Å². The lowest BCUT2D eigenvalue weighted by molar-refractivity contribution is -0.143. The zero-order valence-corrected chi connectivity index (χ0v) is 32.8. The van der Waals surface area contributed by atoms with Crippen molar-refractivity contribution in [2.45, 2.75) is 100 Å². The molecule has 1 heterocycles. The summed E-state index contributed by atoms with van der Waals surface area (Å²) in [4.78, 5) is 78.0. The van der Waals surface area contributed by atoms with Crippen LogP contribution in [0.15, 0.2) is 23.5 Å². The number of carbonyl (C=O) groups is 5. The lowest BCUT2D eigenvalue weighted by atomic mass is 9.80. The van der Waals surface area contributed by atoms with Crippen LogP contribution in [0, 0.1) is 29.6 Å². The van der Waals surface area contributed by atoms with Crippen LogP contribution in [0.2, 0.25) is 0 Å². The van der Waals surface area contributed by atoms with Crippen molar-refractivity contribution in [2.75, 3.05) is 44.7 Å². The largest absolute Gasteiger partial charge is 0.456 e. The monoisotopic (exact) mass is 751 g/mol. The van der Waals surface area contributed by atoms with Gasteiger partial charge in [0.25, 0.3) is 5.56 Å². The van der Waals surface area contributed by atoms with Crippen LogP contribution in [0.3, 0.4) is 0 Å². The van der Waals surface area contributed by atoms with E-state index in [-0.39, 0.29) is 47.4 Å². The number of aromatic nitrogens is 2. The molecule has 17 heteroatoms. The highest BCUT2D eigenvalue weighted by Crippen LogP contribution is 2.29. The average Bonchev–Trinajstić information content (AvgIpc) is 3.03. The standard InChI is InChI=1S/C36H61N7O10/c1-11-29(45)52-26(5)21-50-32(47)37-15-13-36(9,10)18-24(3)20-40-34(49)53-27(6)22-51-33(48)38-14-12-35(7,8)17-23(2)19-39-31(46)43-30-41-25(4)16-28(44)42-30/h11,16,23-24,26-27H,1,12-15,17-22H2,2-10H3,(H,37,47)(H,38,48)(H,40,49)(H3,39,41,42,43,44,46). The van der Waals surface area contributed by atoms with Gasteiger partial charge in [0.1, 0.15) is 25.4 Å². The van der Waals surface area contributed by atoms with Gasteiger partial charge in [-0.1, -0.05) is 48.1 Å². The molecule has 0 spiro atoms. The van der Waals surface area contributed by atoms with Gasteiger partial charge < -0.3 is 40.2 Å². The van der Waals surface area contributed by atoms with Crippen molar-refractivity contribution in [1.29, 1.82) is 0 Å². The third kappa shape index (κ3) is 22.7. The summed E-state index contributed by atoms with van der Waals surface area (Å²) in [6.45, 7) is 21.8. The number of esters is 1. The van der Waals surface area contributed by atoms with E-state index in [0.717, 1.165) is 18.9 Å². The maximum atomic E-state index is 12.3. The van der Waals surface area contributed by atoms with Crippen molar-refractivity contribution in [3.05, 3.63) is 34.8 Å². The Labute approximate surface area is 312 Å². The molecule has 0 saturated carbocycles. The number of alkyl carbamates (subject to hydrolysis) is 3. The number of carbonyl (C=O) groups excluding carboxylic acids is 5. The van der Waals surface area contributed by atoms with Crippen LogP contribution in [0.25, 0.3) is 0 Å². The van der Waals surface area contributed by atoms with Gasteiger partial charge >= 0.3 is 30.3 Å². The Bertz CT molecular complexity index is 1410. The summed E-state index contributed by atoms with van der Waals surface area (Å²) in [5.41, 5.74) is -0.154. The molecule has 0 aliphatic carbocycles. The van der Waals surface area contributed by atoms with Gasteiger partial charge in [-0.05, 0) is 69.1 Å². The molecule has 0 radical (unpaired) electrons. The summed E-state index contributed by atoms with van der Waals surface area (Å²) in [6, 6.07) is 0.859. The molecular formula is C36H61N7O10. The zero-order valence-electron chi connectivity index (χ0n) is 32.8. The van der Waals surface area contributed by atoms with E-state index in [1.54, 1.807) is 20.8 Å². The molecule has 53 heavy (non-hydrogen) atoms. The first-order valence-corrected chi connectivity index (χ1v) is 17.9. The predicted octanol–water partition coefficient (Wildman–Crippen LogP) is 4.77. The molecular weight excluding hydrogens is 690 g/mol. The second-order valence-corrected chi connectivity index (χ2v) is 15.1. The molecule has 4 atom stereocenters. The molecule has 4 unspecified atom stereocenters. The molecule has 1 rings (SSSR count). The van der Waals surface area contributed by atoms with Crippen molar-refractivity contribution in [2.24, 2.45) is 22.7 Å². The SMILES string of the molecule is C=CC(=O)OC(C)COC(=O)NCCC(C)(C)CC(C)CNC(=O)OC(C)COC(=O)NCCC(C)(C)CC(C)CNC(=O)Nc1nc(C)cc(=O)[nH]1. The summed E-state index contributed by atoms with van der Waals surface area (Å²) >= 11 is 0. The first-order chi connectivity index (χ1) is 24.7. The van der Waals surface area contributed by atoms with E-state index in [1.807, 2.05) is 13.8 Å². The fourth-order valence-electron chi connectivity index (χ4n) is 5.58. The molecule has 1 aromatic heterocycles. The van der Waals surface area contributed by atoms with Gasteiger partial charge in [0, 0.05) is 44.0 Å². The first-order valence-electron chi connectivity index (χ1n) is 17.9. The van der Waals surface area contributed by atoms with Gasteiger partial charge in [-0.25, -0.2) is 29.0 Å². The number of H-pyrrole nitrogens is 1. The number of anilines is 1. The van der Waals surface area contributed by atoms with Crippen LogP contribution in [-0.2, 0) is 23.7 Å². The third-order valence-corrected chi connectivity index (χ3v) is 7.94. The van der Waals surface area contributed by atoms with Gasteiger partial charge in [0.15, 0.2) is 0 Å². The number of urea groups is 1. The minimum atomic E-state index is -0.667. The summed E-state index contributed by atoms with van der Waals surface area (Å²) < 4.78 is 20.6. The number of rotatable bonds is 22. The fourth-order valence-corrected chi connectivity index (χ4v) is 5.58. The van der Waals surface area contributed by atoms with Crippen molar-refractivity contribution < 1.29 is 42.9 Å². The number of hydrogen-bond acceptors (Lipinski definition) is 11. The molecule has 0 saturated heterocycles. The first kappa shape index (κ1) is 46.2. The Hall–Kier alpha value is -4.83. The topological polar surface area (TPSA) is 228 Å². The highest BCUT2D eigenvalue weighted by molar-refractivity contribution is 5.87. The van der Waals surface area contributed by atoms with Crippen LogP contribution in [-0.4, -0.2) is 91.8 Å². The van der Waals surface area contributed by atoms with E-state index in [4.69, 9.17) is 18.9 Å². The summed E-state index contributed by atoms with van der Waals surface area (Å²) in [5.74, 6) is -0.270. The molecule has 6 N–H and O–H groups in total. The van der Waals surface area contributed by atoms with Crippen LogP contribution in [0.5, 0.6) is 0 Å². The summed E-state index contributed by atoms with van der Waals surface area (Å²) in [7, 11) is 0. The lowest BCUT2D eigenvalue weighted by Gasteiger charge is -2.28. The zero-order chi connectivity index (χ0) is 40.2. The smallest absolute Gasteiger partial charge is 0.407 e. The van der Waals surface area contributed by atoms with E-state index in [0.29, 0.717) is 44.7 Å². The van der Waals surface area contributed by atoms with Crippen LogP contribution in [0.4, 0.5) is 25.1 Å². The quantitative estimate of drug-likeness (QED) is 0.0537. The number of nitrogens with one attached hydrogen (secondary N) is 6. The van der Waals surface area contributed by atoms with E-state index >= 15 is 0 Å². The van der Waals surface area contributed by atoms with Gasteiger partial charge in [-0.3, -0.25) is 15.1 Å². The Morgan fingerprint density at radius 1 is 0.792 bits per heavy atom. The molecule has 0 aliphatic heterocycles. The molecule has 0 fully saturated rings. The number of nitrogens with zero attached hydrogens (tertiary/aromatic N) is 1. The molecule has 300 valence electrons. The minimum Gasteiger partial charge on any atom is -0.456 e. The highest BCUT2D eigenvalue weighted by Gasteiger charge is 2.24. The Kier molecular flexibility index (Phi) is 20.0. The average molecular weight is 752 g/mol.